The van der Waals surface area contributed by atoms with Gasteiger partial charge < -0.3 is 21.7 Å². The van der Waals surface area contributed by atoms with Crippen LogP contribution in [-0.2, 0) is 0 Å². The molecule has 0 radical (unpaired) electrons. The van der Waals surface area contributed by atoms with Crippen molar-refractivity contribution in [1.82, 2.24) is 10.3 Å². The van der Waals surface area contributed by atoms with Gasteiger partial charge in [-0.3, -0.25) is 9.78 Å². The van der Waals surface area contributed by atoms with Gasteiger partial charge in [-0.05, 0) is 63.6 Å². The topological polar surface area (TPSA) is 92.1 Å². The monoisotopic (exact) mass is 475 g/mol. The first-order valence-electron chi connectivity index (χ1n) is 13.1. The number of nitrogens with one attached hydrogen (secondary N) is 3. The number of anilines is 3. The number of nitrogens with two attached hydrogens (primary N) is 1. The van der Waals surface area contributed by atoms with Gasteiger partial charge in [0.15, 0.2) is 0 Å². The Hall–Kier alpha value is -3.12. The van der Waals surface area contributed by atoms with Gasteiger partial charge in [0.25, 0.3) is 5.91 Å². The van der Waals surface area contributed by atoms with E-state index in [4.69, 9.17) is 5.73 Å². The van der Waals surface area contributed by atoms with Crippen LogP contribution in [0.15, 0.2) is 54.7 Å². The maximum absolute atomic E-state index is 13.0. The van der Waals surface area contributed by atoms with Gasteiger partial charge in [-0.2, -0.15) is 0 Å². The highest BCUT2D eigenvalue weighted by Gasteiger charge is 2.17. The molecule has 1 heterocycles. The molecule has 0 aliphatic carbocycles. The molecule has 2 aromatic carbocycles. The summed E-state index contributed by atoms with van der Waals surface area (Å²) in [6.07, 6.45) is 11.7. The molecule has 0 fully saturated rings. The van der Waals surface area contributed by atoms with Crippen molar-refractivity contribution in [3.63, 3.8) is 0 Å². The Morgan fingerprint density at radius 2 is 1.57 bits per heavy atom. The molecule has 3 rings (SSSR count). The largest absolute Gasteiger partial charge is 0.385 e. The van der Waals surface area contributed by atoms with Crippen LogP contribution in [0.1, 0.15) is 75.6 Å². The second-order valence-corrected chi connectivity index (χ2v) is 9.44. The lowest BCUT2D eigenvalue weighted by Gasteiger charge is -2.17. The highest BCUT2D eigenvalue weighted by molar-refractivity contribution is 6.08. The van der Waals surface area contributed by atoms with Crippen LogP contribution in [0.2, 0.25) is 0 Å². The standard InChI is InChI=1S/C29H41N5O/c1-22(2)33-29(35)26-21-32-27-17-16-24(31-19-13-8-6-4-3-5-7-12-18-30)20-25(27)28(26)34-23-14-10-9-11-15-23/h9-11,14-17,20-22,31H,3-8,12-13,18-19,30H2,1-2H3,(H,32,34)(H,33,35). The smallest absolute Gasteiger partial charge is 0.255 e. The zero-order valence-electron chi connectivity index (χ0n) is 21.3. The van der Waals surface area contributed by atoms with E-state index in [-0.39, 0.29) is 11.9 Å². The van der Waals surface area contributed by atoms with Gasteiger partial charge in [-0.15, -0.1) is 0 Å². The number of carbonyl (C=O) groups excluding carboxylic acids is 1. The Morgan fingerprint density at radius 3 is 2.26 bits per heavy atom. The van der Waals surface area contributed by atoms with Gasteiger partial charge >= 0.3 is 0 Å². The van der Waals surface area contributed by atoms with Gasteiger partial charge in [0.05, 0.1) is 16.8 Å². The van der Waals surface area contributed by atoms with E-state index in [2.05, 4.69) is 33.1 Å². The molecule has 0 unspecified atom stereocenters. The van der Waals surface area contributed by atoms with Crippen LogP contribution in [0.5, 0.6) is 0 Å². The summed E-state index contributed by atoms with van der Waals surface area (Å²) in [6.45, 7) is 5.66. The molecule has 0 aliphatic heterocycles. The summed E-state index contributed by atoms with van der Waals surface area (Å²) in [4.78, 5) is 17.5. The van der Waals surface area contributed by atoms with Crippen LogP contribution in [0.25, 0.3) is 10.9 Å². The normalized spacial score (nSPS) is 11.1. The molecule has 5 N–H and O–H groups in total. The molecule has 0 saturated heterocycles. The number of pyridine rings is 1. The molecule has 0 saturated carbocycles. The Morgan fingerprint density at radius 1 is 0.886 bits per heavy atom. The van der Waals surface area contributed by atoms with Crippen LogP contribution >= 0.6 is 0 Å². The molecule has 1 aromatic heterocycles. The van der Waals surface area contributed by atoms with E-state index in [1.807, 2.05) is 50.2 Å². The van der Waals surface area contributed by atoms with Crippen LogP contribution in [0.3, 0.4) is 0 Å². The highest BCUT2D eigenvalue weighted by Crippen LogP contribution is 2.31. The Bertz CT molecular complexity index is 1050. The van der Waals surface area contributed by atoms with Crippen LogP contribution < -0.4 is 21.7 Å². The van der Waals surface area contributed by atoms with Crippen LogP contribution in [0.4, 0.5) is 17.1 Å². The lowest BCUT2D eigenvalue weighted by atomic mass is 10.1. The Labute approximate surface area is 210 Å². The lowest BCUT2D eigenvalue weighted by molar-refractivity contribution is 0.0944. The number of para-hydroxylation sites is 1. The minimum absolute atomic E-state index is 0.0433. The summed E-state index contributed by atoms with van der Waals surface area (Å²) in [5.74, 6) is -0.130. The third-order valence-electron chi connectivity index (χ3n) is 6.04. The fourth-order valence-electron chi connectivity index (χ4n) is 4.18. The summed E-state index contributed by atoms with van der Waals surface area (Å²) < 4.78 is 0. The number of hydrogen-bond donors (Lipinski definition) is 4. The molecule has 188 valence electrons. The zero-order valence-corrected chi connectivity index (χ0v) is 21.3. The van der Waals surface area contributed by atoms with E-state index in [1.165, 1.54) is 38.5 Å². The van der Waals surface area contributed by atoms with E-state index in [0.717, 1.165) is 53.9 Å². The quantitative estimate of drug-likeness (QED) is 0.186. The van der Waals surface area contributed by atoms with E-state index >= 15 is 0 Å². The maximum atomic E-state index is 13.0. The lowest BCUT2D eigenvalue weighted by Crippen LogP contribution is -2.30. The maximum Gasteiger partial charge on any atom is 0.255 e. The SMILES string of the molecule is CC(C)NC(=O)c1cnc2ccc(NCCCCCCCCCCN)cc2c1Nc1ccccc1. The molecular formula is C29H41N5O. The summed E-state index contributed by atoms with van der Waals surface area (Å²) in [5, 5.41) is 10.9. The summed E-state index contributed by atoms with van der Waals surface area (Å²) in [7, 11) is 0. The first kappa shape index (κ1) is 26.5. The summed E-state index contributed by atoms with van der Waals surface area (Å²) >= 11 is 0. The molecule has 0 aliphatic rings. The molecule has 0 spiro atoms. The number of hydrogen-bond acceptors (Lipinski definition) is 5. The van der Waals surface area contributed by atoms with Crippen molar-refractivity contribution in [3.8, 4) is 0 Å². The van der Waals surface area contributed by atoms with E-state index in [9.17, 15) is 4.79 Å². The molecule has 6 nitrogen and oxygen atoms in total. The molecule has 1 amide bonds. The first-order valence-corrected chi connectivity index (χ1v) is 13.1. The molecule has 0 bridgehead atoms. The van der Waals surface area contributed by atoms with Gasteiger partial charge in [0.1, 0.15) is 0 Å². The zero-order chi connectivity index (χ0) is 24.9. The van der Waals surface area contributed by atoms with Gasteiger partial charge in [0, 0.05) is 35.5 Å². The van der Waals surface area contributed by atoms with E-state index in [1.54, 1.807) is 6.20 Å². The highest BCUT2D eigenvalue weighted by atomic mass is 16.1. The fraction of sp³-hybridized carbons (Fsp3) is 0.448. The minimum atomic E-state index is -0.130. The van der Waals surface area contributed by atoms with Crippen molar-refractivity contribution in [2.24, 2.45) is 5.73 Å². The molecule has 0 atom stereocenters. The molecule has 35 heavy (non-hydrogen) atoms. The van der Waals surface area contributed by atoms with Crippen molar-refractivity contribution in [2.75, 3.05) is 23.7 Å². The molecule has 3 aromatic rings. The van der Waals surface area contributed by atoms with Crippen molar-refractivity contribution in [2.45, 2.75) is 71.3 Å². The summed E-state index contributed by atoms with van der Waals surface area (Å²) in [6, 6.07) is 16.1. The van der Waals surface area contributed by atoms with Crippen LogP contribution in [-0.4, -0.2) is 30.0 Å². The van der Waals surface area contributed by atoms with E-state index in [0.29, 0.717) is 5.56 Å². The molecule has 6 heteroatoms. The Balaban J connectivity index is 1.67. The minimum Gasteiger partial charge on any atom is -0.385 e. The predicted octanol–water partition coefficient (Wildman–Crippen LogP) is 6.61. The average molecular weight is 476 g/mol. The Kier molecular flexibility index (Phi) is 10.8. The number of nitrogens with zero attached hydrogens (tertiary/aromatic N) is 1. The van der Waals surface area contributed by atoms with Gasteiger partial charge in [-0.1, -0.05) is 56.7 Å². The van der Waals surface area contributed by atoms with Crippen molar-refractivity contribution in [3.05, 3.63) is 60.3 Å². The number of aromatic nitrogens is 1. The number of fused-ring (bicyclic) bond motifs is 1. The third kappa shape index (κ3) is 8.55. The number of benzene rings is 2. The van der Waals surface area contributed by atoms with Crippen LogP contribution in [0, 0.1) is 0 Å². The van der Waals surface area contributed by atoms with Crippen molar-refractivity contribution in [1.29, 1.82) is 0 Å². The number of rotatable bonds is 15. The molecular weight excluding hydrogens is 434 g/mol. The van der Waals surface area contributed by atoms with Crippen molar-refractivity contribution < 1.29 is 4.79 Å². The number of unbranched alkanes of at least 4 members (excludes halogenated alkanes) is 7. The van der Waals surface area contributed by atoms with Gasteiger partial charge in [0.2, 0.25) is 0 Å². The van der Waals surface area contributed by atoms with E-state index < -0.39 is 0 Å². The third-order valence-corrected chi connectivity index (χ3v) is 6.04. The average Bonchev–Trinajstić information content (AvgIpc) is 2.85. The number of carbonyl (C=O) groups is 1. The van der Waals surface area contributed by atoms with Crippen molar-refractivity contribution >= 4 is 33.9 Å². The predicted molar refractivity (Wildman–Crippen MR) is 149 cm³/mol. The van der Waals surface area contributed by atoms with Gasteiger partial charge in [-0.25, -0.2) is 0 Å². The fourth-order valence-corrected chi connectivity index (χ4v) is 4.18. The second kappa shape index (κ2) is 14.3. The number of amides is 1. The first-order chi connectivity index (χ1) is 17.1. The second-order valence-electron chi connectivity index (χ2n) is 9.44. The summed E-state index contributed by atoms with van der Waals surface area (Å²) in [5.41, 5.74) is 9.69.